The molecular formula is C22H29F3N2O2. The number of hydrogen-bond donors (Lipinski definition) is 1. The molecule has 4 nitrogen and oxygen atoms in total. The molecule has 1 saturated carbocycles. The van der Waals surface area contributed by atoms with Gasteiger partial charge in [0.05, 0.1) is 5.56 Å². The van der Waals surface area contributed by atoms with Gasteiger partial charge in [-0.3, -0.25) is 9.59 Å². The van der Waals surface area contributed by atoms with E-state index in [0.29, 0.717) is 30.4 Å². The molecule has 29 heavy (non-hydrogen) atoms. The average Bonchev–Trinajstić information content (AvgIpc) is 2.71. The number of alkyl halides is 3. The standard InChI is InChI=1S/C22H29F3N2O2/c23-22(24,25)18-9-3-6-16(14-18)15-26-20(28)11-4-12-21(29)27-13-5-8-17-7-1-2-10-19(17)27/h3,6,9,14,17,19H,1-2,4-5,7-8,10-13,15H2,(H,26,28). The second kappa shape index (κ2) is 9.63. The summed E-state index contributed by atoms with van der Waals surface area (Å²) in [6.45, 7) is 0.869. The van der Waals surface area contributed by atoms with Gasteiger partial charge in [-0.05, 0) is 55.7 Å². The van der Waals surface area contributed by atoms with Crippen molar-refractivity contribution in [2.24, 2.45) is 5.92 Å². The SMILES string of the molecule is O=C(CCCC(=O)N1CCCC2CCCCC21)NCc1cccc(C(F)(F)F)c1. The molecule has 7 heteroatoms. The quantitative estimate of drug-likeness (QED) is 0.741. The van der Waals surface area contributed by atoms with Gasteiger partial charge in [0.1, 0.15) is 0 Å². The van der Waals surface area contributed by atoms with Crippen LogP contribution in [0.4, 0.5) is 13.2 Å². The van der Waals surface area contributed by atoms with Gasteiger partial charge in [0.15, 0.2) is 0 Å². The number of nitrogens with one attached hydrogen (secondary N) is 1. The Hall–Kier alpha value is -2.05. The molecule has 2 fully saturated rings. The first-order chi connectivity index (χ1) is 13.8. The summed E-state index contributed by atoms with van der Waals surface area (Å²) in [6.07, 6.45) is 3.63. The van der Waals surface area contributed by atoms with Crippen LogP contribution >= 0.6 is 0 Å². The predicted octanol–water partition coefficient (Wildman–Crippen LogP) is 4.67. The fraction of sp³-hybridized carbons (Fsp3) is 0.636. The van der Waals surface area contributed by atoms with Gasteiger partial charge in [-0.15, -0.1) is 0 Å². The molecule has 0 spiro atoms. The van der Waals surface area contributed by atoms with Crippen molar-refractivity contribution in [3.8, 4) is 0 Å². The molecule has 1 aromatic carbocycles. The summed E-state index contributed by atoms with van der Waals surface area (Å²) in [5, 5.41) is 2.64. The second-order valence-corrected chi connectivity index (χ2v) is 8.17. The Morgan fingerprint density at radius 3 is 2.62 bits per heavy atom. The number of fused-ring (bicyclic) bond motifs is 1. The Morgan fingerprint density at radius 2 is 1.83 bits per heavy atom. The van der Waals surface area contributed by atoms with Crippen molar-refractivity contribution >= 4 is 11.8 Å². The first-order valence-electron chi connectivity index (χ1n) is 10.6. The van der Waals surface area contributed by atoms with Gasteiger partial charge in [0.25, 0.3) is 0 Å². The van der Waals surface area contributed by atoms with Crippen molar-refractivity contribution < 1.29 is 22.8 Å². The highest BCUT2D eigenvalue weighted by Crippen LogP contribution is 2.35. The van der Waals surface area contributed by atoms with Gasteiger partial charge in [-0.2, -0.15) is 13.2 Å². The molecule has 1 aromatic rings. The van der Waals surface area contributed by atoms with Gasteiger partial charge >= 0.3 is 6.18 Å². The van der Waals surface area contributed by atoms with Crippen molar-refractivity contribution in [1.82, 2.24) is 10.2 Å². The number of carbonyl (C=O) groups excluding carboxylic acids is 2. The molecule has 1 aliphatic heterocycles. The van der Waals surface area contributed by atoms with E-state index in [9.17, 15) is 22.8 Å². The normalized spacial score (nSPS) is 22.1. The lowest BCUT2D eigenvalue weighted by Gasteiger charge is -2.44. The highest BCUT2D eigenvalue weighted by Gasteiger charge is 2.35. The van der Waals surface area contributed by atoms with Gasteiger partial charge in [-0.25, -0.2) is 0 Å². The zero-order valence-electron chi connectivity index (χ0n) is 16.6. The van der Waals surface area contributed by atoms with E-state index in [0.717, 1.165) is 31.5 Å². The van der Waals surface area contributed by atoms with Crippen LogP contribution < -0.4 is 5.32 Å². The number of nitrogens with zero attached hydrogens (tertiary/aromatic N) is 1. The van der Waals surface area contributed by atoms with Crippen LogP contribution in [0.5, 0.6) is 0 Å². The summed E-state index contributed by atoms with van der Waals surface area (Å²) in [4.78, 5) is 26.7. The lowest BCUT2D eigenvalue weighted by molar-refractivity contribution is -0.138. The van der Waals surface area contributed by atoms with E-state index in [-0.39, 0.29) is 24.8 Å². The van der Waals surface area contributed by atoms with Crippen molar-refractivity contribution in [3.05, 3.63) is 35.4 Å². The highest BCUT2D eigenvalue weighted by atomic mass is 19.4. The Bertz CT molecular complexity index is 718. The average molecular weight is 410 g/mol. The third-order valence-electron chi connectivity index (χ3n) is 6.10. The summed E-state index contributed by atoms with van der Waals surface area (Å²) in [5.41, 5.74) is -0.321. The molecule has 1 heterocycles. The molecule has 2 aliphatic rings. The maximum atomic E-state index is 12.7. The Balaban J connectivity index is 1.40. The molecular weight excluding hydrogens is 381 g/mol. The number of likely N-dealkylation sites (tertiary alicyclic amines) is 1. The van der Waals surface area contributed by atoms with E-state index in [1.54, 1.807) is 6.07 Å². The molecule has 1 N–H and O–H groups in total. The van der Waals surface area contributed by atoms with Crippen molar-refractivity contribution in [3.63, 3.8) is 0 Å². The van der Waals surface area contributed by atoms with E-state index >= 15 is 0 Å². The predicted molar refractivity (Wildman–Crippen MR) is 104 cm³/mol. The second-order valence-electron chi connectivity index (χ2n) is 8.17. The Kier molecular flexibility index (Phi) is 7.19. The topological polar surface area (TPSA) is 49.4 Å². The summed E-state index contributed by atoms with van der Waals surface area (Å²) in [5.74, 6) is 0.522. The fourth-order valence-electron chi connectivity index (χ4n) is 4.62. The lowest BCUT2D eigenvalue weighted by atomic mass is 9.78. The van der Waals surface area contributed by atoms with Gasteiger partial charge < -0.3 is 10.2 Å². The maximum absolute atomic E-state index is 12.7. The van der Waals surface area contributed by atoms with Gasteiger partial charge in [-0.1, -0.05) is 25.0 Å². The van der Waals surface area contributed by atoms with E-state index in [1.165, 1.54) is 31.7 Å². The number of amides is 2. The Labute approximate surface area is 169 Å². The summed E-state index contributed by atoms with van der Waals surface area (Å²) >= 11 is 0. The van der Waals surface area contributed by atoms with E-state index in [2.05, 4.69) is 5.32 Å². The largest absolute Gasteiger partial charge is 0.416 e. The van der Waals surface area contributed by atoms with Crippen molar-refractivity contribution in [2.45, 2.75) is 76.6 Å². The minimum absolute atomic E-state index is 0.0482. The molecule has 2 atom stereocenters. The van der Waals surface area contributed by atoms with Crippen LogP contribution in [0.15, 0.2) is 24.3 Å². The molecule has 1 aliphatic carbocycles. The van der Waals surface area contributed by atoms with E-state index in [4.69, 9.17) is 0 Å². The number of rotatable bonds is 6. The number of halogens is 3. The molecule has 3 rings (SSSR count). The van der Waals surface area contributed by atoms with Crippen molar-refractivity contribution in [1.29, 1.82) is 0 Å². The molecule has 0 bridgehead atoms. The summed E-state index contributed by atoms with van der Waals surface area (Å²) < 4.78 is 38.2. The first kappa shape index (κ1) is 21.7. The third kappa shape index (κ3) is 5.97. The zero-order valence-corrected chi connectivity index (χ0v) is 16.6. The van der Waals surface area contributed by atoms with E-state index in [1.807, 2.05) is 4.90 Å². The third-order valence-corrected chi connectivity index (χ3v) is 6.10. The summed E-state index contributed by atoms with van der Waals surface area (Å²) in [6, 6.07) is 5.31. The van der Waals surface area contributed by atoms with Crippen LogP contribution in [0.2, 0.25) is 0 Å². The van der Waals surface area contributed by atoms with Crippen molar-refractivity contribution in [2.75, 3.05) is 6.54 Å². The van der Waals surface area contributed by atoms with Gasteiger partial charge in [0.2, 0.25) is 11.8 Å². The Morgan fingerprint density at radius 1 is 1.07 bits per heavy atom. The highest BCUT2D eigenvalue weighted by molar-refractivity contribution is 5.79. The number of benzene rings is 1. The molecule has 2 amide bonds. The molecule has 0 radical (unpaired) electrons. The zero-order chi connectivity index (χ0) is 20.9. The van der Waals surface area contributed by atoms with Crippen LogP contribution in [0.1, 0.15) is 68.9 Å². The molecule has 1 saturated heterocycles. The van der Waals surface area contributed by atoms with Crippen LogP contribution in [-0.2, 0) is 22.3 Å². The maximum Gasteiger partial charge on any atom is 0.416 e. The van der Waals surface area contributed by atoms with Crippen LogP contribution in [0, 0.1) is 5.92 Å². The van der Waals surface area contributed by atoms with Gasteiger partial charge in [0, 0.05) is 32.0 Å². The smallest absolute Gasteiger partial charge is 0.352 e. The molecule has 2 unspecified atom stereocenters. The number of carbonyl (C=O) groups is 2. The first-order valence-corrected chi connectivity index (χ1v) is 10.6. The number of hydrogen-bond acceptors (Lipinski definition) is 2. The monoisotopic (exact) mass is 410 g/mol. The summed E-state index contributed by atoms with van der Waals surface area (Å²) in [7, 11) is 0. The fourth-order valence-corrected chi connectivity index (χ4v) is 4.62. The lowest BCUT2D eigenvalue weighted by Crippen LogP contribution is -2.49. The number of piperidine rings is 1. The van der Waals surface area contributed by atoms with Crippen LogP contribution in [0.25, 0.3) is 0 Å². The molecule has 0 aromatic heterocycles. The minimum Gasteiger partial charge on any atom is -0.352 e. The van der Waals surface area contributed by atoms with E-state index < -0.39 is 11.7 Å². The minimum atomic E-state index is -4.40. The molecule has 160 valence electrons. The van der Waals surface area contributed by atoms with Crippen LogP contribution in [0.3, 0.4) is 0 Å². The van der Waals surface area contributed by atoms with Crippen LogP contribution in [-0.4, -0.2) is 29.3 Å².